The van der Waals surface area contributed by atoms with E-state index in [4.69, 9.17) is 9.84 Å². The van der Waals surface area contributed by atoms with Crippen LogP contribution in [0.3, 0.4) is 0 Å². The summed E-state index contributed by atoms with van der Waals surface area (Å²) in [7, 11) is -2.40. The van der Waals surface area contributed by atoms with Crippen molar-refractivity contribution in [2.75, 3.05) is 19.0 Å². The van der Waals surface area contributed by atoms with Gasteiger partial charge in [-0.3, -0.25) is 0 Å². The van der Waals surface area contributed by atoms with E-state index in [1.54, 1.807) is 6.92 Å². The molecule has 0 saturated heterocycles. The molecule has 0 aliphatic heterocycles. The number of carboxylic acid groups (broad SMARTS) is 1. The molecule has 2 atom stereocenters. The highest BCUT2D eigenvalue weighted by atomic mass is 32.2. The van der Waals surface area contributed by atoms with Gasteiger partial charge in [0.2, 0.25) is 10.0 Å². The minimum atomic E-state index is -3.88. The second-order valence-corrected chi connectivity index (χ2v) is 7.13. The Balaban J connectivity index is 3.27. The van der Waals surface area contributed by atoms with Gasteiger partial charge in [0.25, 0.3) is 0 Å². The Morgan fingerprint density at radius 2 is 1.96 bits per heavy atom. The first-order chi connectivity index (χ1) is 10.7. The number of methoxy groups -OCH3 is 1. The Bertz CT molecular complexity index is 645. The molecule has 0 aliphatic carbocycles. The van der Waals surface area contributed by atoms with Crippen LogP contribution in [-0.2, 0) is 14.8 Å². The average Bonchev–Trinajstić information content (AvgIpc) is 2.46. The summed E-state index contributed by atoms with van der Waals surface area (Å²) in [6.07, 6.45) is 0.799. The number of hydrogen-bond donors (Lipinski definition) is 3. The molecule has 1 rings (SSSR count). The standard InChI is InChI=1S/C15H24N2O5S/c1-5-10(2)16-13-7-6-12(15(18)19)8-14(13)23(20,21)17-11(3)9-22-4/h6-8,10-11,16-17H,5,9H2,1-4H3,(H,18,19)/t10-,11+/m0/s1. The van der Waals surface area contributed by atoms with Crippen molar-refractivity contribution in [1.29, 1.82) is 0 Å². The molecule has 0 amide bonds. The number of anilines is 1. The van der Waals surface area contributed by atoms with Gasteiger partial charge in [0.1, 0.15) is 4.90 Å². The van der Waals surface area contributed by atoms with Crippen LogP contribution in [-0.4, -0.2) is 45.3 Å². The van der Waals surface area contributed by atoms with Gasteiger partial charge in [0.15, 0.2) is 0 Å². The lowest BCUT2D eigenvalue weighted by Gasteiger charge is -2.19. The van der Waals surface area contributed by atoms with Crippen LogP contribution in [0.15, 0.2) is 23.1 Å². The van der Waals surface area contributed by atoms with Crippen molar-refractivity contribution in [3.8, 4) is 0 Å². The van der Waals surface area contributed by atoms with Gasteiger partial charge in [-0.15, -0.1) is 0 Å². The Labute approximate surface area is 137 Å². The van der Waals surface area contributed by atoms with E-state index >= 15 is 0 Å². The molecule has 1 aromatic rings. The van der Waals surface area contributed by atoms with Gasteiger partial charge in [-0.1, -0.05) is 6.92 Å². The molecule has 0 saturated carbocycles. The van der Waals surface area contributed by atoms with Crippen LogP contribution < -0.4 is 10.0 Å². The molecule has 8 heteroatoms. The molecule has 23 heavy (non-hydrogen) atoms. The van der Waals surface area contributed by atoms with Gasteiger partial charge in [-0.05, 0) is 38.5 Å². The van der Waals surface area contributed by atoms with E-state index in [0.717, 1.165) is 12.5 Å². The molecule has 0 heterocycles. The van der Waals surface area contributed by atoms with Gasteiger partial charge in [-0.25, -0.2) is 17.9 Å². The fourth-order valence-corrected chi connectivity index (χ4v) is 3.40. The zero-order valence-electron chi connectivity index (χ0n) is 13.8. The van der Waals surface area contributed by atoms with Crippen molar-refractivity contribution >= 4 is 21.7 Å². The van der Waals surface area contributed by atoms with E-state index < -0.39 is 22.0 Å². The SMILES string of the molecule is CC[C@H](C)Nc1ccc(C(=O)O)cc1S(=O)(=O)N[C@H](C)COC. The van der Waals surface area contributed by atoms with Gasteiger partial charge in [0, 0.05) is 19.2 Å². The van der Waals surface area contributed by atoms with Crippen molar-refractivity contribution in [2.45, 2.75) is 44.2 Å². The maximum absolute atomic E-state index is 12.6. The molecule has 0 spiro atoms. The summed E-state index contributed by atoms with van der Waals surface area (Å²) >= 11 is 0. The summed E-state index contributed by atoms with van der Waals surface area (Å²) < 4.78 is 32.6. The minimum Gasteiger partial charge on any atom is -0.478 e. The van der Waals surface area contributed by atoms with E-state index in [2.05, 4.69) is 10.0 Å². The van der Waals surface area contributed by atoms with Crippen LogP contribution >= 0.6 is 0 Å². The van der Waals surface area contributed by atoms with Gasteiger partial charge >= 0.3 is 5.97 Å². The number of nitrogens with one attached hydrogen (secondary N) is 2. The topological polar surface area (TPSA) is 105 Å². The number of carboxylic acids is 1. The fraction of sp³-hybridized carbons (Fsp3) is 0.533. The van der Waals surface area contributed by atoms with Crippen molar-refractivity contribution < 1.29 is 23.1 Å². The zero-order chi connectivity index (χ0) is 17.6. The van der Waals surface area contributed by atoms with E-state index in [1.807, 2.05) is 13.8 Å². The number of ether oxygens (including phenoxy) is 1. The molecule has 0 aromatic heterocycles. The van der Waals surface area contributed by atoms with Gasteiger partial charge < -0.3 is 15.2 Å². The minimum absolute atomic E-state index is 0.0519. The Morgan fingerprint density at radius 3 is 2.48 bits per heavy atom. The number of aromatic carboxylic acids is 1. The van der Waals surface area contributed by atoms with Crippen molar-refractivity contribution in [3.05, 3.63) is 23.8 Å². The molecule has 1 aromatic carbocycles. The normalized spacial score (nSPS) is 14.3. The van der Waals surface area contributed by atoms with E-state index in [9.17, 15) is 13.2 Å². The van der Waals surface area contributed by atoms with Crippen LogP contribution in [0.4, 0.5) is 5.69 Å². The van der Waals surface area contributed by atoms with Gasteiger partial charge in [0.05, 0.1) is 17.9 Å². The quantitative estimate of drug-likeness (QED) is 0.632. The Kier molecular flexibility index (Phi) is 6.99. The number of sulfonamides is 1. The van der Waals surface area contributed by atoms with Crippen LogP contribution in [0, 0.1) is 0 Å². The van der Waals surface area contributed by atoms with Crippen LogP contribution in [0.5, 0.6) is 0 Å². The van der Waals surface area contributed by atoms with E-state index in [-0.39, 0.29) is 23.1 Å². The van der Waals surface area contributed by atoms with E-state index in [0.29, 0.717) is 5.69 Å². The van der Waals surface area contributed by atoms with Crippen LogP contribution in [0.1, 0.15) is 37.6 Å². The molecule has 3 N–H and O–H groups in total. The third-order valence-corrected chi connectivity index (χ3v) is 4.93. The molecule has 0 radical (unpaired) electrons. The first-order valence-electron chi connectivity index (χ1n) is 7.36. The zero-order valence-corrected chi connectivity index (χ0v) is 14.6. The third kappa shape index (κ3) is 5.49. The van der Waals surface area contributed by atoms with E-state index in [1.165, 1.54) is 19.2 Å². The summed E-state index contributed by atoms with van der Waals surface area (Å²) in [5.74, 6) is -1.18. The lowest BCUT2D eigenvalue weighted by Crippen LogP contribution is -2.36. The first kappa shape index (κ1) is 19.4. The Hall–Kier alpha value is -1.64. The second-order valence-electron chi connectivity index (χ2n) is 5.45. The number of carbonyl (C=O) groups is 1. The highest BCUT2D eigenvalue weighted by Crippen LogP contribution is 2.24. The lowest BCUT2D eigenvalue weighted by atomic mass is 10.2. The molecule has 0 bridgehead atoms. The second kappa shape index (κ2) is 8.28. The lowest BCUT2D eigenvalue weighted by molar-refractivity contribution is 0.0696. The maximum atomic E-state index is 12.6. The summed E-state index contributed by atoms with van der Waals surface area (Å²) in [5, 5.41) is 12.2. The van der Waals surface area contributed by atoms with Crippen molar-refractivity contribution in [1.82, 2.24) is 4.72 Å². The fourth-order valence-electron chi connectivity index (χ4n) is 1.98. The Morgan fingerprint density at radius 1 is 1.30 bits per heavy atom. The number of rotatable bonds is 9. The molecule has 7 nitrogen and oxygen atoms in total. The molecule has 130 valence electrons. The number of benzene rings is 1. The van der Waals surface area contributed by atoms with Crippen molar-refractivity contribution in [3.63, 3.8) is 0 Å². The predicted molar refractivity (Wildman–Crippen MR) is 88.4 cm³/mol. The smallest absolute Gasteiger partial charge is 0.335 e. The highest BCUT2D eigenvalue weighted by molar-refractivity contribution is 7.89. The summed E-state index contributed by atoms with van der Waals surface area (Å²) in [5.41, 5.74) is 0.293. The first-order valence-corrected chi connectivity index (χ1v) is 8.84. The molecule has 0 unspecified atom stereocenters. The summed E-state index contributed by atoms with van der Waals surface area (Å²) in [4.78, 5) is 11.1. The maximum Gasteiger partial charge on any atom is 0.335 e. The molecular formula is C15H24N2O5S. The largest absolute Gasteiger partial charge is 0.478 e. The van der Waals surface area contributed by atoms with Crippen LogP contribution in [0.2, 0.25) is 0 Å². The monoisotopic (exact) mass is 344 g/mol. The van der Waals surface area contributed by atoms with Crippen LogP contribution in [0.25, 0.3) is 0 Å². The third-order valence-electron chi connectivity index (χ3n) is 3.31. The molecule has 0 fully saturated rings. The van der Waals surface area contributed by atoms with Gasteiger partial charge in [-0.2, -0.15) is 0 Å². The highest BCUT2D eigenvalue weighted by Gasteiger charge is 2.23. The predicted octanol–water partition coefficient (Wildman–Crippen LogP) is 1.91. The summed E-state index contributed by atoms with van der Waals surface area (Å²) in [6.45, 7) is 5.77. The number of hydrogen-bond acceptors (Lipinski definition) is 5. The molecular weight excluding hydrogens is 320 g/mol. The summed E-state index contributed by atoms with van der Waals surface area (Å²) in [6, 6.07) is 3.64. The molecule has 0 aliphatic rings. The average molecular weight is 344 g/mol. The van der Waals surface area contributed by atoms with Crippen molar-refractivity contribution in [2.24, 2.45) is 0 Å².